The molecular weight excluding hydrogens is 378 g/mol. The van der Waals surface area contributed by atoms with Gasteiger partial charge in [-0.1, -0.05) is 40.2 Å². The maximum absolute atomic E-state index is 11.9. The number of carbonyl (C=O) groups excluding carboxylic acids is 2. The summed E-state index contributed by atoms with van der Waals surface area (Å²) in [5.74, 6) is -1.02. The summed E-state index contributed by atoms with van der Waals surface area (Å²) in [5, 5.41) is 10.7. The summed E-state index contributed by atoms with van der Waals surface area (Å²) in [7, 11) is 0. The fourth-order valence-corrected chi connectivity index (χ4v) is 2.07. The Morgan fingerprint density at radius 1 is 1.17 bits per heavy atom. The molecule has 0 unspecified atom stereocenters. The highest BCUT2D eigenvalue weighted by atomic mass is 79.9. The van der Waals surface area contributed by atoms with Crippen LogP contribution in [-0.2, 0) is 9.53 Å². The van der Waals surface area contributed by atoms with E-state index in [2.05, 4.69) is 15.9 Å². The zero-order valence-corrected chi connectivity index (χ0v) is 13.9. The van der Waals surface area contributed by atoms with Crippen molar-refractivity contribution in [2.75, 3.05) is 6.61 Å². The first-order valence-electron chi connectivity index (χ1n) is 6.84. The maximum atomic E-state index is 11.9. The van der Waals surface area contributed by atoms with Gasteiger partial charge >= 0.3 is 5.97 Å². The predicted molar refractivity (Wildman–Crippen MR) is 91.6 cm³/mol. The Labute approximate surface area is 146 Å². The predicted octanol–water partition coefficient (Wildman–Crippen LogP) is 3.80. The molecule has 0 aliphatic carbocycles. The molecule has 0 aromatic heterocycles. The van der Waals surface area contributed by atoms with E-state index in [4.69, 9.17) is 4.74 Å². The molecule has 7 heteroatoms. The van der Waals surface area contributed by atoms with Crippen molar-refractivity contribution in [2.24, 2.45) is 0 Å². The molecule has 2 aromatic carbocycles. The third kappa shape index (κ3) is 5.13. The number of Topliss-reactive ketones (excluding diaryl/α,β-unsaturated/α-hetero) is 1. The fraction of sp³-hybridized carbons (Fsp3) is 0.0588. The number of halogens is 1. The summed E-state index contributed by atoms with van der Waals surface area (Å²) in [6, 6.07) is 12.5. The second-order valence-corrected chi connectivity index (χ2v) is 5.64. The van der Waals surface area contributed by atoms with Crippen LogP contribution in [-0.4, -0.2) is 23.3 Å². The summed E-state index contributed by atoms with van der Waals surface area (Å²) < 4.78 is 5.71. The molecule has 0 saturated heterocycles. The van der Waals surface area contributed by atoms with E-state index in [1.54, 1.807) is 30.3 Å². The van der Waals surface area contributed by atoms with Gasteiger partial charge in [-0.05, 0) is 23.8 Å². The number of nitro groups is 1. The first-order valence-corrected chi connectivity index (χ1v) is 7.63. The zero-order chi connectivity index (χ0) is 17.5. The number of ether oxygens (including phenoxy) is 1. The quantitative estimate of drug-likeness (QED) is 0.246. The van der Waals surface area contributed by atoms with Crippen LogP contribution in [0.2, 0.25) is 0 Å². The molecule has 0 bridgehead atoms. The first-order chi connectivity index (χ1) is 11.5. The smallest absolute Gasteiger partial charge is 0.331 e. The highest BCUT2D eigenvalue weighted by Gasteiger charge is 2.08. The van der Waals surface area contributed by atoms with Crippen LogP contribution in [0.15, 0.2) is 59.1 Å². The van der Waals surface area contributed by atoms with Crippen molar-refractivity contribution in [3.05, 3.63) is 80.3 Å². The van der Waals surface area contributed by atoms with Gasteiger partial charge in [0.15, 0.2) is 12.4 Å². The molecule has 0 atom stereocenters. The average molecular weight is 390 g/mol. The molecule has 0 heterocycles. The van der Waals surface area contributed by atoms with Gasteiger partial charge in [0, 0.05) is 28.2 Å². The molecule has 0 aliphatic heterocycles. The summed E-state index contributed by atoms with van der Waals surface area (Å²) in [4.78, 5) is 33.6. The Hall–Kier alpha value is -2.80. The topological polar surface area (TPSA) is 86.5 Å². The van der Waals surface area contributed by atoms with E-state index in [1.165, 1.54) is 24.3 Å². The first kappa shape index (κ1) is 17.6. The van der Waals surface area contributed by atoms with E-state index in [0.717, 1.165) is 10.5 Å². The number of benzene rings is 2. The number of hydrogen-bond donors (Lipinski definition) is 0. The van der Waals surface area contributed by atoms with Crippen molar-refractivity contribution >= 4 is 39.4 Å². The van der Waals surface area contributed by atoms with Gasteiger partial charge < -0.3 is 4.74 Å². The minimum absolute atomic E-state index is 0.0732. The second kappa shape index (κ2) is 8.16. The Morgan fingerprint density at radius 3 is 2.54 bits per heavy atom. The standard InChI is InChI=1S/C17H12BrNO5/c18-14-7-5-13(6-8-14)16(20)11-24-17(21)9-4-12-2-1-3-15(10-12)19(22)23/h1-10H,11H2/b9-4+. The molecule has 6 nitrogen and oxygen atoms in total. The van der Waals surface area contributed by atoms with Crippen LogP contribution in [0.5, 0.6) is 0 Å². The van der Waals surface area contributed by atoms with Crippen molar-refractivity contribution in [1.29, 1.82) is 0 Å². The molecule has 0 N–H and O–H groups in total. The van der Waals surface area contributed by atoms with Gasteiger partial charge in [-0.15, -0.1) is 0 Å². The SMILES string of the molecule is O=C(/C=C/c1cccc([N+](=O)[O-])c1)OCC(=O)c1ccc(Br)cc1. The third-order valence-corrected chi connectivity index (χ3v) is 3.53. The molecule has 0 spiro atoms. The van der Waals surface area contributed by atoms with E-state index in [1.807, 2.05) is 0 Å². The van der Waals surface area contributed by atoms with E-state index in [0.29, 0.717) is 11.1 Å². The number of ketones is 1. The van der Waals surface area contributed by atoms with Crippen molar-refractivity contribution in [1.82, 2.24) is 0 Å². The molecule has 122 valence electrons. The lowest BCUT2D eigenvalue weighted by Crippen LogP contribution is -2.12. The van der Waals surface area contributed by atoms with Crippen LogP contribution in [0.4, 0.5) is 5.69 Å². The van der Waals surface area contributed by atoms with Crippen molar-refractivity contribution < 1.29 is 19.2 Å². The lowest BCUT2D eigenvalue weighted by molar-refractivity contribution is -0.384. The van der Waals surface area contributed by atoms with Gasteiger partial charge in [0.2, 0.25) is 0 Å². The molecule has 2 rings (SSSR count). The zero-order valence-electron chi connectivity index (χ0n) is 12.3. The van der Waals surface area contributed by atoms with Crippen LogP contribution in [0, 0.1) is 10.1 Å². The van der Waals surface area contributed by atoms with Crippen LogP contribution >= 0.6 is 15.9 Å². The van der Waals surface area contributed by atoms with Crippen molar-refractivity contribution in [2.45, 2.75) is 0 Å². The van der Waals surface area contributed by atoms with E-state index in [-0.39, 0.29) is 18.1 Å². The van der Waals surface area contributed by atoms with Gasteiger partial charge in [0.25, 0.3) is 5.69 Å². The highest BCUT2D eigenvalue weighted by Crippen LogP contribution is 2.14. The van der Waals surface area contributed by atoms with Crippen LogP contribution in [0.1, 0.15) is 15.9 Å². The minimum Gasteiger partial charge on any atom is -0.454 e. The average Bonchev–Trinajstić information content (AvgIpc) is 2.58. The normalized spacial score (nSPS) is 10.5. The molecule has 0 radical (unpaired) electrons. The molecule has 0 saturated carbocycles. The molecular formula is C17H12BrNO5. The van der Waals surface area contributed by atoms with Gasteiger partial charge in [-0.25, -0.2) is 4.79 Å². The Bertz CT molecular complexity index is 799. The van der Waals surface area contributed by atoms with Crippen molar-refractivity contribution in [3.8, 4) is 0 Å². The number of esters is 1. The van der Waals surface area contributed by atoms with Gasteiger partial charge in [0.05, 0.1) is 4.92 Å². The molecule has 0 aliphatic rings. The lowest BCUT2D eigenvalue weighted by atomic mass is 10.1. The second-order valence-electron chi connectivity index (χ2n) is 4.72. The lowest BCUT2D eigenvalue weighted by Gasteiger charge is -2.02. The summed E-state index contributed by atoms with van der Waals surface area (Å²) >= 11 is 3.27. The van der Waals surface area contributed by atoms with Crippen LogP contribution in [0.25, 0.3) is 6.08 Å². The molecule has 0 amide bonds. The fourth-order valence-electron chi connectivity index (χ4n) is 1.81. The number of nitrogens with zero attached hydrogens (tertiary/aromatic N) is 1. The monoisotopic (exact) mass is 389 g/mol. The molecule has 0 fully saturated rings. The van der Waals surface area contributed by atoms with Gasteiger partial charge in [-0.2, -0.15) is 0 Å². The molecule has 2 aromatic rings. The summed E-state index contributed by atoms with van der Waals surface area (Å²) in [5.41, 5.74) is 0.852. The van der Waals surface area contributed by atoms with E-state index >= 15 is 0 Å². The Kier molecular flexibility index (Phi) is 5.97. The van der Waals surface area contributed by atoms with Crippen LogP contribution < -0.4 is 0 Å². The minimum atomic E-state index is -0.702. The summed E-state index contributed by atoms with van der Waals surface area (Å²) in [6.45, 7) is -0.375. The maximum Gasteiger partial charge on any atom is 0.331 e. The Morgan fingerprint density at radius 2 is 1.88 bits per heavy atom. The largest absolute Gasteiger partial charge is 0.454 e. The number of carbonyl (C=O) groups is 2. The Balaban J connectivity index is 1.91. The molecule has 24 heavy (non-hydrogen) atoms. The summed E-state index contributed by atoms with van der Waals surface area (Å²) in [6.07, 6.45) is 2.51. The number of nitro benzene ring substituents is 1. The van der Waals surface area contributed by atoms with Crippen LogP contribution in [0.3, 0.4) is 0 Å². The van der Waals surface area contributed by atoms with Crippen molar-refractivity contribution in [3.63, 3.8) is 0 Å². The third-order valence-electron chi connectivity index (χ3n) is 3.00. The van der Waals surface area contributed by atoms with Gasteiger partial charge in [-0.3, -0.25) is 14.9 Å². The number of rotatable bonds is 6. The highest BCUT2D eigenvalue weighted by molar-refractivity contribution is 9.10. The van der Waals surface area contributed by atoms with E-state index < -0.39 is 10.9 Å². The number of hydrogen-bond acceptors (Lipinski definition) is 5. The van der Waals surface area contributed by atoms with Gasteiger partial charge in [0.1, 0.15) is 0 Å². The number of non-ortho nitro benzene ring substituents is 1. The van der Waals surface area contributed by atoms with E-state index in [9.17, 15) is 19.7 Å².